The van der Waals surface area contributed by atoms with Gasteiger partial charge in [0.1, 0.15) is 6.23 Å². The summed E-state index contributed by atoms with van der Waals surface area (Å²) in [6.45, 7) is 14.9. The van der Waals surface area contributed by atoms with Crippen molar-refractivity contribution in [3.8, 4) is 11.3 Å². The van der Waals surface area contributed by atoms with Crippen LogP contribution < -0.4 is 10.6 Å². The van der Waals surface area contributed by atoms with E-state index in [4.69, 9.17) is 14.7 Å². The molecule has 37 heavy (non-hydrogen) atoms. The molecule has 0 aliphatic heterocycles. The summed E-state index contributed by atoms with van der Waals surface area (Å²) in [5.74, 6) is 1.20. The summed E-state index contributed by atoms with van der Waals surface area (Å²) in [6, 6.07) is 14.5. The van der Waals surface area contributed by atoms with Gasteiger partial charge in [0.25, 0.3) is 0 Å². The molecule has 0 fully saturated rings. The van der Waals surface area contributed by atoms with Gasteiger partial charge in [0.2, 0.25) is 5.95 Å². The number of fused-ring (bicyclic) bond motifs is 1. The minimum absolute atomic E-state index is 0.208. The van der Waals surface area contributed by atoms with Gasteiger partial charge in [0.15, 0.2) is 17.0 Å². The average Bonchev–Trinajstić information content (AvgIpc) is 3.35. The highest BCUT2D eigenvalue weighted by molar-refractivity contribution is 5.84. The van der Waals surface area contributed by atoms with E-state index in [1.807, 2.05) is 31.5 Å². The maximum absolute atomic E-state index is 5.85. The van der Waals surface area contributed by atoms with Gasteiger partial charge in [-0.05, 0) is 58.5 Å². The number of nitrogens with zero attached hydrogens (tertiary/aromatic N) is 6. The number of aliphatic imine (C=N–C) groups is 1. The van der Waals surface area contributed by atoms with Crippen molar-refractivity contribution in [2.24, 2.45) is 4.99 Å². The van der Waals surface area contributed by atoms with Crippen molar-refractivity contribution < 1.29 is 4.74 Å². The van der Waals surface area contributed by atoms with Crippen LogP contribution in [0.1, 0.15) is 52.6 Å². The van der Waals surface area contributed by atoms with Crippen LogP contribution in [0.25, 0.3) is 22.4 Å². The van der Waals surface area contributed by atoms with Gasteiger partial charge < -0.3 is 19.9 Å². The molecule has 0 aliphatic carbocycles. The van der Waals surface area contributed by atoms with Crippen LogP contribution in [0.15, 0.2) is 60.0 Å². The quantitative estimate of drug-likeness (QED) is 0.240. The molecule has 4 rings (SSSR count). The van der Waals surface area contributed by atoms with Crippen molar-refractivity contribution in [2.75, 3.05) is 17.2 Å². The molecule has 3 heterocycles. The molecule has 0 aliphatic rings. The summed E-state index contributed by atoms with van der Waals surface area (Å²) in [5.41, 5.74) is 4.30. The zero-order valence-electron chi connectivity index (χ0n) is 22.3. The van der Waals surface area contributed by atoms with E-state index >= 15 is 0 Å². The number of benzene rings is 1. The largest absolute Gasteiger partial charge is 0.364 e. The Balaban J connectivity index is 1.58. The second-order valence-corrected chi connectivity index (χ2v) is 9.71. The Morgan fingerprint density at radius 3 is 2.51 bits per heavy atom. The van der Waals surface area contributed by atoms with E-state index in [1.54, 1.807) is 6.20 Å². The number of pyridine rings is 1. The highest BCUT2D eigenvalue weighted by Crippen LogP contribution is 2.26. The third-order valence-corrected chi connectivity index (χ3v) is 6.45. The molecule has 3 aromatic heterocycles. The van der Waals surface area contributed by atoms with Gasteiger partial charge in [-0.2, -0.15) is 9.97 Å². The van der Waals surface area contributed by atoms with Gasteiger partial charge in [-0.3, -0.25) is 9.98 Å². The SMILES string of the molecule is C=NC(C)OC[C@@](C)(CC)Nc1nc(NCc2ccc(-c3ccccn3)cc2)c2ncn(C(C)C)c2n1. The van der Waals surface area contributed by atoms with Crippen molar-refractivity contribution in [2.45, 2.75) is 65.4 Å². The van der Waals surface area contributed by atoms with E-state index in [9.17, 15) is 0 Å². The number of anilines is 2. The molecule has 2 atom stereocenters. The fourth-order valence-electron chi connectivity index (χ4n) is 3.84. The zero-order chi connectivity index (χ0) is 26.4. The minimum Gasteiger partial charge on any atom is -0.364 e. The number of imidazole rings is 1. The summed E-state index contributed by atoms with van der Waals surface area (Å²) in [6.07, 6.45) is 4.16. The fourth-order valence-corrected chi connectivity index (χ4v) is 3.84. The number of rotatable bonds is 12. The molecule has 4 aromatic rings. The smallest absolute Gasteiger partial charge is 0.227 e. The second-order valence-electron chi connectivity index (χ2n) is 9.71. The Labute approximate surface area is 218 Å². The first-order valence-corrected chi connectivity index (χ1v) is 12.7. The monoisotopic (exact) mass is 500 g/mol. The van der Waals surface area contributed by atoms with E-state index in [-0.39, 0.29) is 17.8 Å². The first-order valence-electron chi connectivity index (χ1n) is 12.7. The van der Waals surface area contributed by atoms with E-state index < -0.39 is 0 Å². The number of aromatic nitrogens is 5. The predicted octanol–water partition coefficient (Wildman–Crippen LogP) is 5.73. The first-order chi connectivity index (χ1) is 17.8. The number of ether oxygens (including phenoxy) is 1. The predicted molar refractivity (Wildman–Crippen MR) is 150 cm³/mol. The lowest BCUT2D eigenvalue weighted by molar-refractivity contribution is 0.0443. The normalized spacial score (nSPS) is 13.9. The molecule has 9 heteroatoms. The van der Waals surface area contributed by atoms with E-state index in [2.05, 4.69) is 88.8 Å². The van der Waals surface area contributed by atoms with Crippen LogP contribution in [-0.4, -0.2) is 49.6 Å². The molecule has 1 aromatic carbocycles. The maximum atomic E-state index is 5.85. The summed E-state index contributed by atoms with van der Waals surface area (Å²) in [4.78, 5) is 22.7. The summed E-state index contributed by atoms with van der Waals surface area (Å²) >= 11 is 0. The lowest BCUT2D eigenvalue weighted by atomic mass is 10.0. The molecule has 0 radical (unpaired) electrons. The summed E-state index contributed by atoms with van der Waals surface area (Å²) < 4.78 is 7.90. The van der Waals surface area contributed by atoms with Crippen LogP contribution in [0.3, 0.4) is 0 Å². The summed E-state index contributed by atoms with van der Waals surface area (Å²) in [7, 11) is 0. The number of hydrogen-bond donors (Lipinski definition) is 2. The van der Waals surface area contributed by atoms with Crippen LogP contribution in [0.5, 0.6) is 0 Å². The Bertz CT molecular complexity index is 1320. The summed E-state index contributed by atoms with van der Waals surface area (Å²) in [5, 5.41) is 6.98. The van der Waals surface area contributed by atoms with Crippen molar-refractivity contribution >= 4 is 29.6 Å². The zero-order valence-corrected chi connectivity index (χ0v) is 22.3. The molecule has 2 N–H and O–H groups in total. The molecule has 194 valence electrons. The molecular formula is C28H36N8O. The van der Waals surface area contributed by atoms with Crippen molar-refractivity contribution in [1.29, 1.82) is 0 Å². The van der Waals surface area contributed by atoms with Crippen LogP contribution in [0, 0.1) is 0 Å². The van der Waals surface area contributed by atoms with Gasteiger partial charge in [-0.25, -0.2) is 4.98 Å². The van der Waals surface area contributed by atoms with E-state index in [1.165, 1.54) is 0 Å². The third-order valence-electron chi connectivity index (χ3n) is 6.45. The number of nitrogens with one attached hydrogen (secondary N) is 2. The van der Waals surface area contributed by atoms with Crippen molar-refractivity contribution in [1.82, 2.24) is 24.5 Å². The van der Waals surface area contributed by atoms with Crippen LogP contribution >= 0.6 is 0 Å². The Kier molecular flexibility index (Phi) is 8.13. The number of hydrogen-bond acceptors (Lipinski definition) is 8. The molecule has 0 bridgehead atoms. The Morgan fingerprint density at radius 1 is 1.08 bits per heavy atom. The van der Waals surface area contributed by atoms with Gasteiger partial charge in [-0.15, -0.1) is 0 Å². The molecule has 9 nitrogen and oxygen atoms in total. The molecule has 0 saturated carbocycles. The van der Waals surface area contributed by atoms with E-state index in [0.29, 0.717) is 24.9 Å². The molecule has 0 amide bonds. The highest BCUT2D eigenvalue weighted by Gasteiger charge is 2.26. The van der Waals surface area contributed by atoms with Gasteiger partial charge in [-0.1, -0.05) is 37.3 Å². The lowest BCUT2D eigenvalue weighted by Gasteiger charge is -2.30. The molecular weight excluding hydrogens is 464 g/mol. The van der Waals surface area contributed by atoms with Gasteiger partial charge >= 0.3 is 0 Å². The minimum atomic E-state index is -0.381. The molecule has 0 saturated heterocycles. The highest BCUT2D eigenvalue weighted by atomic mass is 16.5. The maximum Gasteiger partial charge on any atom is 0.227 e. The van der Waals surface area contributed by atoms with E-state index in [0.717, 1.165) is 34.4 Å². The topological polar surface area (TPSA) is 102 Å². The Morgan fingerprint density at radius 2 is 1.86 bits per heavy atom. The van der Waals surface area contributed by atoms with Gasteiger partial charge in [0.05, 0.1) is 24.2 Å². The van der Waals surface area contributed by atoms with Crippen molar-refractivity contribution in [3.63, 3.8) is 0 Å². The standard InChI is InChI=1S/C28H36N8O/c1-7-28(5,17-37-20(4)29-6)35-27-33-25(24-26(34-27)36(18-32-24)19(2)3)31-16-21-11-13-22(14-12-21)23-10-8-9-15-30-23/h8-15,18-20H,6-7,16-17H2,1-5H3,(H2,31,33,34,35)/t20?,28-/m1/s1. The third kappa shape index (κ3) is 6.29. The van der Waals surface area contributed by atoms with Crippen LogP contribution in [0.4, 0.5) is 11.8 Å². The lowest BCUT2D eigenvalue weighted by Crippen LogP contribution is -2.40. The van der Waals surface area contributed by atoms with Crippen LogP contribution in [-0.2, 0) is 11.3 Å². The van der Waals surface area contributed by atoms with Crippen molar-refractivity contribution in [3.05, 3.63) is 60.6 Å². The Hall–Kier alpha value is -3.85. The van der Waals surface area contributed by atoms with Crippen LogP contribution in [0.2, 0.25) is 0 Å². The second kappa shape index (κ2) is 11.5. The fraction of sp³-hybridized carbons (Fsp3) is 0.393. The van der Waals surface area contributed by atoms with Gasteiger partial charge in [0, 0.05) is 24.3 Å². The first kappa shape index (κ1) is 26.2. The average molecular weight is 501 g/mol. The molecule has 1 unspecified atom stereocenters. The molecule has 0 spiro atoms.